The number of nitrogens with zero attached hydrogens (tertiary/aromatic N) is 1. The number of sulfonamides is 1. The molecule has 2 N–H and O–H groups in total. The molecule has 1 aliphatic heterocycles. The smallest absolute Gasteiger partial charge is 0.261 e. The number of hydrogen-bond acceptors (Lipinski definition) is 6. The Kier molecular flexibility index (Phi) is 7.46. The van der Waals surface area contributed by atoms with E-state index in [-0.39, 0.29) is 10.8 Å². The van der Waals surface area contributed by atoms with Crippen LogP contribution in [0.2, 0.25) is 0 Å². The molecule has 1 saturated heterocycles. The third-order valence-electron chi connectivity index (χ3n) is 5.46. The van der Waals surface area contributed by atoms with Gasteiger partial charge in [0, 0.05) is 36.6 Å². The van der Waals surface area contributed by atoms with Gasteiger partial charge in [0.25, 0.3) is 15.9 Å². The summed E-state index contributed by atoms with van der Waals surface area (Å²) in [6.07, 6.45) is 0. The fourth-order valence-corrected chi connectivity index (χ4v) is 4.68. The Balaban J connectivity index is 1.39. The first-order valence-electron chi connectivity index (χ1n) is 10.9. The summed E-state index contributed by atoms with van der Waals surface area (Å²) in [5.41, 5.74) is 2.53. The first-order valence-corrected chi connectivity index (χ1v) is 12.4. The maximum atomic E-state index is 12.7. The van der Waals surface area contributed by atoms with E-state index in [4.69, 9.17) is 9.47 Å². The van der Waals surface area contributed by atoms with Gasteiger partial charge >= 0.3 is 0 Å². The minimum absolute atomic E-state index is 0.0915. The number of amides is 1. The second kappa shape index (κ2) is 10.7. The van der Waals surface area contributed by atoms with Gasteiger partial charge in [0.15, 0.2) is 0 Å². The van der Waals surface area contributed by atoms with Gasteiger partial charge in [-0.3, -0.25) is 14.4 Å². The Morgan fingerprint density at radius 3 is 2.32 bits per heavy atom. The number of ether oxygens (including phenoxy) is 2. The molecule has 3 aromatic carbocycles. The van der Waals surface area contributed by atoms with Crippen molar-refractivity contribution in [3.8, 4) is 5.75 Å². The maximum Gasteiger partial charge on any atom is 0.261 e. The van der Waals surface area contributed by atoms with Crippen molar-refractivity contribution in [2.24, 2.45) is 0 Å². The third kappa shape index (κ3) is 6.13. The Labute approximate surface area is 199 Å². The number of carbonyl (C=O) groups excluding carboxylic acids is 1. The molecule has 0 aliphatic carbocycles. The maximum absolute atomic E-state index is 12.7. The minimum atomic E-state index is -3.77. The van der Waals surface area contributed by atoms with Crippen molar-refractivity contribution >= 4 is 27.3 Å². The lowest BCUT2D eigenvalue weighted by atomic mass is 10.1. The molecule has 1 heterocycles. The zero-order valence-electron chi connectivity index (χ0n) is 18.9. The molecule has 0 atom stereocenters. The molecular weight excluding hydrogens is 454 g/mol. The number of methoxy groups -OCH3 is 1. The van der Waals surface area contributed by atoms with Crippen molar-refractivity contribution in [2.45, 2.75) is 11.4 Å². The Hall–Kier alpha value is -3.40. The summed E-state index contributed by atoms with van der Waals surface area (Å²) in [6, 6.07) is 20.1. The van der Waals surface area contributed by atoms with Crippen molar-refractivity contribution < 1.29 is 22.7 Å². The van der Waals surface area contributed by atoms with Crippen molar-refractivity contribution in [3.63, 3.8) is 0 Å². The summed E-state index contributed by atoms with van der Waals surface area (Å²) in [5.74, 6) is 0.380. The highest BCUT2D eigenvalue weighted by atomic mass is 32.2. The van der Waals surface area contributed by atoms with Gasteiger partial charge in [-0.05, 0) is 66.2 Å². The zero-order chi connectivity index (χ0) is 24.0. The van der Waals surface area contributed by atoms with Crippen LogP contribution in [-0.2, 0) is 21.3 Å². The predicted octanol–water partition coefficient (Wildman–Crippen LogP) is 3.58. The lowest BCUT2D eigenvalue weighted by molar-refractivity contribution is 0.0342. The van der Waals surface area contributed by atoms with Crippen LogP contribution in [0, 0.1) is 0 Å². The summed E-state index contributed by atoms with van der Waals surface area (Å²) in [6.45, 7) is 3.96. The van der Waals surface area contributed by atoms with E-state index >= 15 is 0 Å². The van der Waals surface area contributed by atoms with E-state index in [0.717, 1.165) is 38.4 Å². The fraction of sp³-hybridized carbons (Fsp3) is 0.240. The van der Waals surface area contributed by atoms with Gasteiger partial charge in [0.05, 0.1) is 25.2 Å². The van der Waals surface area contributed by atoms with E-state index in [2.05, 4.69) is 14.9 Å². The van der Waals surface area contributed by atoms with Gasteiger partial charge in [-0.2, -0.15) is 0 Å². The molecule has 9 heteroatoms. The summed E-state index contributed by atoms with van der Waals surface area (Å²) in [7, 11) is -2.22. The molecule has 1 fully saturated rings. The van der Waals surface area contributed by atoms with Crippen LogP contribution in [0.3, 0.4) is 0 Å². The predicted molar refractivity (Wildman–Crippen MR) is 131 cm³/mol. The topological polar surface area (TPSA) is 97.0 Å². The number of morpholine rings is 1. The summed E-state index contributed by atoms with van der Waals surface area (Å²) >= 11 is 0. The van der Waals surface area contributed by atoms with Gasteiger partial charge in [0.1, 0.15) is 5.75 Å². The molecule has 0 aromatic heterocycles. The van der Waals surface area contributed by atoms with Crippen LogP contribution in [0.25, 0.3) is 0 Å². The van der Waals surface area contributed by atoms with Gasteiger partial charge < -0.3 is 14.8 Å². The number of hydrogen-bond donors (Lipinski definition) is 2. The standard InChI is InChI=1S/C25H27N3O5S/c1-32-23-9-5-22(6-10-23)27-34(30,31)24-11-7-21(8-12-24)26-25(29)20-4-2-3-19(17-20)18-28-13-15-33-16-14-28/h2-12,17,27H,13-16,18H2,1H3,(H,26,29). The normalized spacial score (nSPS) is 14.4. The second-order valence-corrected chi connectivity index (χ2v) is 9.58. The molecule has 1 aliphatic rings. The van der Waals surface area contributed by atoms with Crippen LogP contribution >= 0.6 is 0 Å². The van der Waals surface area contributed by atoms with E-state index in [9.17, 15) is 13.2 Å². The fourth-order valence-electron chi connectivity index (χ4n) is 3.62. The van der Waals surface area contributed by atoms with Crippen LogP contribution in [0.1, 0.15) is 15.9 Å². The number of nitrogens with one attached hydrogen (secondary N) is 2. The van der Waals surface area contributed by atoms with Gasteiger partial charge in [-0.15, -0.1) is 0 Å². The molecular formula is C25H27N3O5S. The second-order valence-electron chi connectivity index (χ2n) is 7.90. The molecule has 3 aromatic rings. The molecule has 4 rings (SSSR count). The monoisotopic (exact) mass is 481 g/mol. The lowest BCUT2D eigenvalue weighted by Gasteiger charge is -2.26. The highest BCUT2D eigenvalue weighted by molar-refractivity contribution is 7.92. The molecule has 178 valence electrons. The van der Waals surface area contributed by atoms with E-state index in [0.29, 0.717) is 22.7 Å². The Morgan fingerprint density at radius 1 is 0.971 bits per heavy atom. The molecule has 34 heavy (non-hydrogen) atoms. The highest BCUT2D eigenvalue weighted by Gasteiger charge is 2.16. The Morgan fingerprint density at radius 2 is 1.65 bits per heavy atom. The molecule has 0 radical (unpaired) electrons. The zero-order valence-corrected chi connectivity index (χ0v) is 19.7. The first-order chi connectivity index (χ1) is 16.4. The van der Waals surface area contributed by atoms with Crippen molar-refractivity contribution in [1.82, 2.24) is 4.90 Å². The largest absolute Gasteiger partial charge is 0.497 e. The molecule has 1 amide bonds. The van der Waals surface area contributed by atoms with Crippen LogP contribution in [0.4, 0.5) is 11.4 Å². The summed E-state index contributed by atoms with van der Waals surface area (Å²) < 4.78 is 38.3. The quantitative estimate of drug-likeness (QED) is 0.511. The minimum Gasteiger partial charge on any atom is -0.497 e. The molecule has 0 saturated carbocycles. The molecule has 0 bridgehead atoms. The number of anilines is 2. The lowest BCUT2D eigenvalue weighted by Crippen LogP contribution is -2.35. The number of rotatable bonds is 8. The SMILES string of the molecule is COc1ccc(NS(=O)(=O)c2ccc(NC(=O)c3cccc(CN4CCOCC4)c3)cc2)cc1. The average molecular weight is 482 g/mol. The van der Waals surface area contributed by atoms with E-state index in [1.807, 2.05) is 18.2 Å². The third-order valence-corrected chi connectivity index (χ3v) is 6.86. The van der Waals surface area contributed by atoms with E-state index in [1.165, 1.54) is 12.1 Å². The van der Waals surface area contributed by atoms with Crippen molar-refractivity contribution in [3.05, 3.63) is 83.9 Å². The average Bonchev–Trinajstić information content (AvgIpc) is 2.85. The van der Waals surface area contributed by atoms with Crippen molar-refractivity contribution in [2.75, 3.05) is 43.5 Å². The summed E-state index contributed by atoms with van der Waals surface area (Å²) in [4.78, 5) is 15.1. The summed E-state index contributed by atoms with van der Waals surface area (Å²) in [5, 5.41) is 2.83. The first kappa shape index (κ1) is 23.7. The van der Waals surface area contributed by atoms with Gasteiger partial charge in [-0.1, -0.05) is 12.1 Å². The highest BCUT2D eigenvalue weighted by Crippen LogP contribution is 2.21. The molecule has 0 unspecified atom stereocenters. The van der Waals surface area contributed by atoms with Crippen LogP contribution < -0.4 is 14.8 Å². The molecule has 0 spiro atoms. The van der Waals surface area contributed by atoms with Gasteiger partial charge in [0.2, 0.25) is 0 Å². The van der Waals surface area contributed by atoms with Gasteiger partial charge in [-0.25, -0.2) is 8.42 Å². The Bertz CT molecular complexity index is 1220. The van der Waals surface area contributed by atoms with Crippen LogP contribution in [0.15, 0.2) is 77.7 Å². The van der Waals surface area contributed by atoms with Crippen LogP contribution in [-0.4, -0.2) is 52.6 Å². The number of carbonyl (C=O) groups is 1. The van der Waals surface area contributed by atoms with E-state index in [1.54, 1.807) is 49.6 Å². The van der Waals surface area contributed by atoms with Crippen molar-refractivity contribution in [1.29, 1.82) is 0 Å². The number of benzene rings is 3. The van der Waals surface area contributed by atoms with Crippen LogP contribution in [0.5, 0.6) is 5.75 Å². The molecule has 8 nitrogen and oxygen atoms in total. The van der Waals surface area contributed by atoms with E-state index < -0.39 is 10.0 Å².